The lowest BCUT2D eigenvalue weighted by atomic mass is 10.0. The van der Waals surface area contributed by atoms with Crippen LogP contribution in [0.1, 0.15) is 67.4 Å². The summed E-state index contributed by atoms with van der Waals surface area (Å²) in [6.07, 6.45) is 10.1. The molecule has 1 aliphatic carbocycles. The second-order valence-electron chi connectivity index (χ2n) is 10.2. The molecule has 10 heteroatoms. The number of ketones is 1. The van der Waals surface area contributed by atoms with Crippen molar-refractivity contribution in [3.8, 4) is 0 Å². The van der Waals surface area contributed by atoms with E-state index in [1.165, 1.54) is 19.8 Å². The third-order valence-electron chi connectivity index (χ3n) is 7.82. The van der Waals surface area contributed by atoms with Crippen LogP contribution in [0.3, 0.4) is 0 Å². The summed E-state index contributed by atoms with van der Waals surface area (Å²) in [7, 11) is 0. The number of piperazine rings is 1. The molecule has 3 fully saturated rings. The molecule has 6 rings (SSSR count). The summed E-state index contributed by atoms with van der Waals surface area (Å²) < 4.78 is 1.73. The molecular weight excluding hydrogens is 478 g/mol. The van der Waals surface area contributed by atoms with E-state index in [1.807, 2.05) is 12.3 Å². The van der Waals surface area contributed by atoms with Gasteiger partial charge in [0.25, 0.3) is 5.56 Å². The van der Waals surface area contributed by atoms with Crippen molar-refractivity contribution < 1.29 is 4.79 Å². The molecule has 3 aliphatic rings. The molecule has 1 saturated carbocycles. The number of carbonyl (C=O) groups is 1. The first-order chi connectivity index (χ1) is 17.0. The Bertz CT molecular complexity index is 1340. The average molecular weight is 510 g/mol. The van der Waals surface area contributed by atoms with E-state index in [0.29, 0.717) is 35.1 Å². The quantitative estimate of drug-likeness (QED) is 0.499. The van der Waals surface area contributed by atoms with Gasteiger partial charge in [-0.15, -0.1) is 12.4 Å². The molecule has 2 atom stereocenters. The van der Waals surface area contributed by atoms with Gasteiger partial charge in [-0.2, -0.15) is 4.98 Å². The van der Waals surface area contributed by atoms with Crippen LogP contribution in [0.4, 0.5) is 17.5 Å². The number of halogens is 1. The average Bonchev–Trinajstić information content (AvgIpc) is 3.49. The Labute approximate surface area is 216 Å². The van der Waals surface area contributed by atoms with Crippen molar-refractivity contribution in [1.29, 1.82) is 0 Å². The number of Topliss-reactive ketones (excluding diaryl/α,β-unsaturated/α-hetero) is 1. The number of anilines is 3. The second-order valence-corrected chi connectivity index (χ2v) is 10.2. The molecule has 0 aromatic carbocycles. The third kappa shape index (κ3) is 4.35. The topological polar surface area (TPSA) is 105 Å². The molecule has 0 spiro atoms. The van der Waals surface area contributed by atoms with E-state index in [-0.39, 0.29) is 35.4 Å². The summed E-state index contributed by atoms with van der Waals surface area (Å²) in [5, 5.41) is 7.60. The fraction of sp³-hybridized carbons (Fsp3) is 0.500. The van der Waals surface area contributed by atoms with Crippen molar-refractivity contribution in [2.75, 3.05) is 23.3 Å². The molecule has 2 N–H and O–H groups in total. The summed E-state index contributed by atoms with van der Waals surface area (Å²) in [4.78, 5) is 41.9. The molecule has 2 aliphatic heterocycles. The number of fused-ring (bicyclic) bond motifs is 3. The van der Waals surface area contributed by atoms with Crippen LogP contribution >= 0.6 is 12.4 Å². The molecule has 190 valence electrons. The highest BCUT2D eigenvalue weighted by molar-refractivity contribution is 5.99. The summed E-state index contributed by atoms with van der Waals surface area (Å²) >= 11 is 0. The zero-order valence-electron chi connectivity index (χ0n) is 20.7. The molecule has 5 heterocycles. The molecule has 36 heavy (non-hydrogen) atoms. The number of hydrogen-bond acceptors (Lipinski definition) is 8. The minimum Gasteiger partial charge on any atom is -0.367 e. The number of rotatable bonds is 5. The first-order valence-electron chi connectivity index (χ1n) is 12.6. The molecule has 2 bridgehead atoms. The van der Waals surface area contributed by atoms with Crippen molar-refractivity contribution in [2.45, 2.75) is 70.5 Å². The van der Waals surface area contributed by atoms with Crippen molar-refractivity contribution in [1.82, 2.24) is 24.8 Å². The van der Waals surface area contributed by atoms with Crippen molar-refractivity contribution in [3.63, 3.8) is 0 Å². The highest BCUT2D eigenvalue weighted by Crippen LogP contribution is 2.32. The van der Waals surface area contributed by atoms with Gasteiger partial charge in [0.1, 0.15) is 11.5 Å². The standard InChI is InChI=1S/C26H31N7O2.ClH/c1-15-21-12-28-26(31-24(21)33(19-5-3-4-6-19)25(35)23(15)16(2)34)30-22-10-9-20(11-27-22)32-13-17-7-8-18(14-32)29-17;/h9-12,17-19,29H,3-8,13-14H2,1-2H3,(H,27,28,30,31);1H. The Morgan fingerprint density at radius 3 is 2.42 bits per heavy atom. The van der Waals surface area contributed by atoms with Crippen LogP contribution in [-0.2, 0) is 0 Å². The van der Waals surface area contributed by atoms with Gasteiger partial charge in [-0.05, 0) is 57.2 Å². The van der Waals surface area contributed by atoms with Gasteiger partial charge < -0.3 is 15.5 Å². The predicted molar refractivity (Wildman–Crippen MR) is 143 cm³/mol. The molecule has 3 aromatic heterocycles. The van der Waals surface area contributed by atoms with Crippen molar-refractivity contribution >= 4 is 46.7 Å². The van der Waals surface area contributed by atoms with Crippen LogP contribution in [0.15, 0.2) is 29.3 Å². The molecule has 9 nitrogen and oxygen atoms in total. The van der Waals surface area contributed by atoms with E-state index in [4.69, 9.17) is 4.98 Å². The van der Waals surface area contributed by atoms with Crippen LogP contribution in [0.5, 0.6) is 0 Å². The molecule has 0 amide bonds. The normalized spacial score (nSPS) is 21.6. The van der Waals surface area contributed by atoms with Gasteiger partial charge >= 0.3 is 0 Å². The van der Waals surface area contributed by atoms with Crippen LogP contribution in [0, 0.1) is 6.92 Å². The zero-order valence-corrected chi connectivity index (χ0v) is 21.5. The minimum atomic E-state index is -0.244. The molecule has 3 aromatic rings. The fourth-order valence-electron chi connectivity index (χ4n) is 6.08. The van der Waals surface area contributed by atoms with E-state index in [1.54, 1.807) is 17.7 Å². The Morgan fingerprint density at radius 1 is 1.06 bits per heavy atom. The zero-order chi connectivity index (χ0) is 24.1. The summed E-state index contributed by atoms with van der Waals surface area (Å²) in [5.41, 5.74) is 2.34. The summed E-state index contributed by atoms with van der Waals surface area (Å²) in [6.45, 7) is 5.28. The van der Waals surface area contributed by atoms with Gasteiger partial charge in [-0.25, -0.2) is 9.97 Å². The summed E-state index contributed by atoms with van der Waals surface area (Å²) in [5.74, 6) is 0.822. The number of pyridine rings is 2. The van der Waals surface area contributed by atoms with Crippen LogP contribution in [0.2, 0.25) is 0 Å². The van der Waals surface area contributed by atoms with Gasteiger partial charge in [0, 0.05) is 42.8 Å². The van der Waals surface area contributed by atoms with E-state index in [2.05, 4.69) is 31.6 Å². The maximum atomic E-state index is 13.4. The lowest BCUT2D eigenvalue weighted by Gasteiger charge is -2.34. The van der Waals surface area contributed by atoms with Gasteiger partial charge in [-0.1, -0.05) is 12.8 Å². The number of nitrogens with one attached hydrogen (secondary N) is 2. The lowest BCUT2D eigenvalue weighted by molar-refractivity contribution is 0.101. The van der Waals surface area contributed by atoms with Crippen LogP contribution in [0.25, 0.3) is 11.0 Å². The monoisotopic (exact) mass is 509 g/mol. The first-order valence-corrected chi connectivity index (χ1v) is 12.6. The highest BCUT2D eigenvalue weighted by atomic mass is 35.5. The maximum Gasteiger partial charge on any atom is 0.263 e. The lowest BCUT2D eigenvalue weighted by Crippen LogP contribution is -2.51. The highest BCUT2D eigenvalue weighted by Gasteiger charge is 2.32. The number of aromatic nitrogens is 4. The van der Waals surface area contributed by atoms with E-state index in [0.717, 1.165) is 49.8 Å². The Morgan fingerprint density at radius 2 is 1.78 bits per heavy atom. The molecular formula is C26H32ClN7O2. The number of carbonyl (C=O) groups excluding carboxylic acids is 1. The first kappa shape index (κ1) is 24.6. The molecule has 0 radical (unpaired) electrons. The van der Waals surface area contributed by atoms with E-state index < -0.39 is 0 Å². The van der Waals surface area contributed by atoms with Gasteiger partial charge in [0.15, 0.2) is 5.78 Å². The van der Waals surface area contributed by atoms with Crippen molar-refractivity contribution in [3.05, 3.63) is 46.0 Å². The van der Waals surface area contributed by atoms with Crippen molar-refractivity contribution in [2.24, 2.45) is 0 Å². The van der Waals surface area contributed by atoms with Crippen LogP contribution in [-0.4, -0.2) is 50.5 Å². The van der Waals surface area contributed by atoms with Crippen LogP contribution < -0.4 is 21.1 Å². The van der Waals surface area contributed by atoms with Gasteiger partial charge in [0.2, 0.25) is 5.95 Å². The number of aryl methyl sites for hydroxylation is 1. The summed E-state index contributed by atoms with van der Waals surface area (Å²) in [6, 6.07) is 5.22. The third-order valence-corrected chi connectivity index (χ3v) is 7.82. The number of nitrogens with zero attached hydrogens (tertiary/aromatic N) is 5. The van der Waals surface area contributed by atoms with Gasteiger partial charge in [0.05, 0.1) is 17.4 Å². The molecule has 2 unspecified atom stereocenters. The smallest absolute Gasteiger partial charge is 0.263 e. The Hall–Kier alpha value is -3.04. The Balaban J connectivity index is 0.00000267. The van der Waals surface area contributed by atoms with E-state index >= 15 is 0 Å². The second kappa shape index (κ2) is 9.78. The Kier molecular flexibility index (Phi) is 6.70. The molecule has 2 saturated heterocycles. The SMILES string of the molecule is CC(=O)c1c(C)c2cnc(Nc3ccc(N4CC5CCC(C4)N5)cn3)nc2n(C2CCCC2)c1=O.Cl. The maximum absolute atomic E-state index is 13.4. The van der Waals surface area contributed by atoms with E-state index in [9.17, 15) is 9.59 Å². The number of hydrogen-bond donors (Lipinski definition) is 2. The fourth-order valence-corrected chi connectivity index (χ4v) is 6.08. The minimum absolute atomic E-state index is 0. The predicted octanol–water partition coefficient (Wildman–Crippen LogP) is 3.92. The largest absolute Gasteiger partial charge is 0.367 e. The van der Waals surface area contributed by atoms with Gasteiger partial charge in [-0.3, -0.25) is 14.2 Å².